The molecular weight excluding hydrogens is 657 g/mol. The summed E-state index contributed by atoms with van der Waals surface area (Å²) in [6.07, 6.45) is -21.3. The van der Waals surface area contributed by atoms with Crippen LogP contribution >= 0.6 is 7.60 Å². The zero-order valence-corrected chi connectivity index (χ0v) is 21.2. The molecule has 0 heterocycles. The van der Waals surface area contributed by atoms with Crippen LogP contribution in [0, 0.1) is 0 Å². The molecule has 0 spiro atoms. The third-order valence-electron chi connectivity index (χ3n) is 2.62. The van der Waals surface area contributed by atoms with Crippen molar-refractivity contribution >= 4 is 68.6 Å². The first-order chi connectivity index (χ1) is 17.7. The van der Waals surface area contributed by atoms with Gasteiger partial charge in [-0.15, -0.1) is 0 Å². The first kappa shape index (κ1) is 39.6. The molecule has 0 atom stereocenters. The third-order valence-corrected chi connectivity index (χ3v) is 4.79. The maximum Gasteiger partial charge on any atom is -0.0157 e. The summed E-state index contributed by atoms with van der Waals surface area (Å²) in [4.78, 5) is 60.2. The summed E-state index contributed by atoms with van der Waals surface area (Å²) < 4.78 is 160. The molecule has 0 bridgehead atoms. The summed E-state index contributed by atoms with van der Waals surface area (Å²) in [5.41, 5.74) is 0. The molecule has 26 heteroatoms. The number of alkyl halides is 12. The fourth-order valence-electron chi connectivity index (χ4n) is 1.10. The standard InChI is InChI=1S/C6H7O3P.4C2HF3O2.2Al/c7-10(8,9)6-4-2-1-3-5-6;4*3-2(4,5)1(6)7;;/h1-5H,(H2,7,8,9);4*(H,6,7);;/q;;;;;2*+3/p-6. The topological polar surface area (TPSA) is 168 Å². The second-order valence-electron chi connectivity index (χ2n) is 5.64. The summed E-state index contributed by atoms with van der Waals surface area (Å²) in [5.74, 6) is -10.9. The summed E-state index contributed by atoms with van der Waals surface area (Å²) in [5, 5.41) is -0.157. The van der Waals surface area contributed by atoms with Gasteiger partial charge in [0.2, 0.25) is 0 Å². The van der Waals surface area contributed by atoms with Crippen LogP contribution < -0.4 is 15.1 Å². The number of hydrogen-bond acceptors (Lipinski definition) is 11. The number of rotatable bonds is 5. The minimum absolute atomic E-state index is 0.157. The fraction of sp³-hybridized carbons (Fsp3) is 0.286. The van der Waals surface area contributed by atoms with E-state index in [-0.39, 0.29) is 5.30 Å². The van der Waals surface area contributed by atoms with E-state index < -0.39 is 88.0 Å². The molecule has 1 aromatic rings. The Kier molecular flexibility index (Phi) is 15.9. The van der Waals surface area contributed by atoms with Crippen molar-refractivity contribution in [2.75, 3.05) is 0 Å². The van der Waals surface area contributed by atoms with Crippen molar-refractivity contribution in [2.45, 2.75) is 24.7 Å². The Morgan fingerprint density at radius 1 is 0.550 bits per heavy atom. The molecule has 0 saturated carbocycles. The molecule has 1 rings (SSSR count). The van der Waals surface area contributed by atoms with Crippen molar-refractivity contribution in [1.82, 2.24) is 0 Å². The zero-order chi connectivity index (χ0) is 32.2. The van der Waals surface area contributed by atoms with E-state index in [2.05, 4.69) is 15.2 Å². The van der Waals surface area contributed by atoms with Gasteiger partial charge in [-0.3, -0.25) is 0 Å². The minimum Gasteiger partial charge on any atom is -0.807 e. The van der Waals surface area contributed by atoms with Crippen LogP contribution in [-0.4, -0.2) is 80.4 Å². The summed E-state index contributed by atoms with van der Waals surface area (Å²) >= 11 is -4.98. The molecule has 0 unspecified atom stereocenters. The van der Waals surface area contributed by atoms with Crippen LogP contribution in [0.2, 0.25) is 0 Å². The molecule has 0 aliphatic rings. The van der Waals surface area contributed by atoms with Gasteiger partial charge in [0, 0.05) is 0 Å². The van der Waals surface area contributed by atoms with Gasteiger partial charge < -0.3 is 14.4 Å². The normalized spacial score (nSPS) is 11.6. The van der Waals surface area contributed by atoms with Crippen LogP contribution in [0.3, 0.4) is 0 Å². The van der Waals surface area contributed by atoms with Gasteiger partial charge in [-0.05, 0) is 12.9 Å². The monoisotopic (exact) mass is 662 g/mol. The van der Waals surface area contributed by atoms with Crippen molar-refractivity contribution < 1.29 is 101 Å². The van der Waals surface area contributed by atoms with Crippen molar-refractivity contribution in [3.63, 3.8) is 0 Å². The Balaban J connectivity index is 0. The number of halogens is 12. The second kappa shape index (κ2) is 16.1. The van der Waals surface area contributed by atoms with Crippen LogP contribution in [0.1, 0.15) is 0 Å². The van der Waals surface area contributed by atoms with Crippen LogP contribution in [0.5, 0.6) is 0 Å². The number of hydrogen-bond donors (Lipinski definition) is 0. The van der Waals surface area contributed by atoms with Crippen molar-refractivity contribution in [2.24, 2.45) is 0 Å². The molecule has 1 aromatic carbocycles. The summed E-state index contributed by atoms with van der Waals surface area (Å²) in [6, 6.07) is 7.23. The molecule has 11 nitrogen and oxygen atoms in total. The maximum absolute atomic E-state index is 11.4. The molecular formula is C14H5Al2F12O11P. The summed E-state index contributed by atoms with van der Waals surface area (Å²) in [6.45, 7) is 0. The van der Waals surface area contributed by atoms with Crippen LogP contribution in [-0.2, 0) is 38.9 Å². The van der Waals surface area contributed by atoms with Crippen LogP contribution in [0.4, 0.5) is 52.7 Å². The van der Waals surface area contributed by atoms with E-state index in [1.165, 1.54) is 24.3 Å². The molecule has 0 aliphatic heterocycles. The van der Waals surface area contributed by atoms with E-state index in [1.54, 1.807) is 6.07 Å². The molecule has 40 heavy (non-hydrogen) atoms. The Morgan fingerprint density at radius 2 is 0.775 bits per heavy atom. The first-order valence-corrected chi connectivity index (χ1v) is 12.0. The van der Waals surface area contributed by atoms with Gasteiger partial charge in [-0.1, -0.05) is 30.3 Å². The smallest absolute Gasteiger partial charge is 0.0157 e. The van der Waals surface area contributed by atoms with E-state index in [4.69, 9.17) is 0 Å². The maximum atomic E-state index is 11.4. The van der Waals surface area contributed by atoms with Gasteiger partial charge in [0.25, 0.3) is 0 Å². The predicted octanol–water partition coefficient (Wildman–Crippen LogP) is 0.689. The van der Waals surface area contributed by atoms with Crippen molar-refractivity contribution in [3.8, 4) is 0 Å². The largest absolute Gasteiger partial charge is 0.807 e. The van der Waals surface area contributed by atoms with Gasteiger partial charge in [0.05, 0.1) is 0 Å². The Hall–Kier alpha value is -2.53. The van der Waals surface area contributed by atoms with Crippen LogP contribution in [0.15, 0.2) is 30.3 Å². The Morgan fingerprint density at radius 3 is 0.925 bits per heavy atom. The second-order valence-corrected chi connectivity index (χ2v) is 8.48. The van der Waals surface area contributed by atoms with Crippen molar-refractivity contribution in [3.05, 3.63) is 30.3 Å². The van der Waals surface area contributed by atoms with Gasteiger partial charge in [0.1, 0.15) is 0 Å². The van der Waals surface area contributed by atoms with Gasteiger partial charge in [-0.2, -0.15) is 0 Å². The molecule has 0 saturated heterocycles. The number of carbonyl (C=O) groups is 4. The number of benzene rings is 1. The SMILES string of the molecule is O=C([O][Al+][O]C(=O)C(F)(F)F)C(F)(F)F.O=C([O][Al+][O]C(=O)C(F)(F)F)C(F)(F)F.O=P([O-])([O-])c1ccccc1. The molecule has 0 amide bonds. The fourth-order valence-corrected chi connectivity index (χ4v) is 2.62. The zero-order valence-electron chi connectivity index (χ0n) is 18.0. The average molecular weight is 662 g/mol. The van der Waals surface area contributed by atoms with Crippen molar-refractivity contribution in [1.29, 1.82) is 0 Å². The average Bonchev–Trinajstić information content (AvgIpc) is 2.77. The van der Waals surface area contributed by atoms with Gasteiger partial charge >= 0.3 is 167 Å². The number of carbonyl (C=O) groups excluding carboxylic acids is 4. The molecule has 0 aromatic heterocycles. The van der Waals surface area contributed by atoms with E-state index in [1.807, 2.05) is 0 Å². The third kappa shape index (κ3) is 18.7. The molecule has 222 valence electrons. The van der Waals surface area contributed by atoms with Gasteiger partial charge in [-0.25, -0.2) is 0 Å². The Bertz CT molecular complexity index is 930. The first-order valence-electron chi connectivity index (χ1n) is 8.53. The molecule has 0 radical (unpaired) electrons. The van der Waals surface area contributed by atoms with Gasteiger partial charge in [0.15, 0.2) is 0 Å². The van der Waals surface area contributed by atoms with E-state index in [0.717, 1.165) is 0 Å². The quantitative estimate of drug-likeness (QED) is 0.247. The van der Waals surface area contributed by atoms with E-state index in [0.29, 0.717) is 0 Å². The predicted molar refractivity (Wildman–Crippen MR) is 93.8 cm³/mol. The molecule has 0 fully saturated rings. The molecule has 0 N–H and O–H groups in total. The minimum atomic E-state index is -5.34. The molecule has 0 aliphatic carbocycles. The van der Waals surface area contributed by atoms with E-state index in [9.17, 15) is 86.2 Å². The van der Waals surface area contributed by atoms with E-state index >= 15 is 0 Å². The van der Waals surface area contributed by atoms with Crippen LogP contribution in [0.25, 0.3) is 0 Å². The summed E-state index contributed by atoms with van der Waals surface area (Å²) in [7, 11) is -4.52. The Labute approximate surface area is 225 Å².